The maximum absolute atomic E-state index is 13.6. The van der Waals surface area contributed by atoms with Crippen LogP contribution < -0.4 is 0 Å². The lowest BCUT2D eigenvalue weighted by Crippen LogP contribution is -2.65. The van der Waals surface area contributed by atoms with Crippen molar-refractivity contribution in [2.24, 2.45) is 0 Å². The number of hydrogen-bond donors (Lipinski definition) is 0. The second kappa shape index (κ2) is 8.68. The van der Waals surface area contributed by atoms with Crippen molar-refractivity contribution in [1.29, 1.82) is 0 Å². The summed E-state index contributed by atoms with van der Waals surface area (Å²) in [6.07, 6.45) is 0.831. The number of ketones is 1. The smallest absolute Gasteiger partial charge is 0.338 e. The van der Waals surface area contributed by atoms with Gasteiger partial charge in [-0.25, -0.2) is 13.2 Å². The molecular weight excluding hydrogens is 448 g/mol. The van der Waals surface area contributed by atoms with Crippen molar-refractivity contribution in [3.8, 4) is 0 Å². The number of ether oxygens (including phenoxy) is 1. The Morgan fingerprint density at radius 1 is 1.12 bits per heavy atom. The second-order valence-electron chi connectivity index (χ2n) is 8.43. The van der Waals surface area contributed by atoms with E-state index in [1.54, 1.807) is 12.1 Å². The molecule has 0 aromatic heterocycles. The molecule has 2 aromatic carbocycles. The summed E-state index contributed by atoms with van der Waals surface area (Å²) in [6.45, 7) is 2.01. The number of hydrogen-bond acceptors (Lipinski definition) is 7. The molecule has 174 valence electrons. The summed E-state index contributed by atoms with van der Waals surface area (Å²) in [5.74, 6) is -0.997. The summed E-state index contributed by atoms with van der Waals surface area (Å²) in [5, 5.41) is 10.9. The van der Waals surface area contributed by atoms with Crippen molar-refractivity contribution >= 4 is 27.5 Å². The summed E-state index contributed by atoms with van der Waals surface area (Å²) in [7, 11) is -4.01. The first kappa shape index (κ1) is 23.1. The van der Waals surface area contributed by atoms with Gasteiger partial charge in [0.1, 0.15) is 11.6 Å². The molecule has 4 rings (SSSR count). The summed E-state index contributed by atoms with van der Waals surface area (Å²) in [5.41, 5.74) is -0.603. The number of Topliss-reactive ketones (excluding diaryl/α,β-unsaturated/α-hetero) is 1. The Kier molecular flexibility index (Phi) is 6.06. The predicted molar refractivity (Wildman–Crippen MR) is 118 cm³/mol. The highest BCUT2D eigenvalue weighted by molar-refractivity contribution is 7.89. The van der Waals surface area contributed by atoms with Crippen LogP contribution in [0.4, 0.5) is 5.69 Å². The first-order valence-corrected chi connectivity index (χ1v) is 12.2. The number of sulfonamides is 1. The number of non-ortho nitro benzene ring substituents is 1. The Labute approximate surface area is 191 Å². The molecule has 2 atom stereocenters. The Bertz CT molecular complexity index is 1190. The van der Waals surface area contributed by atoms with Gasteiger partial charge < -0.3 is 4.74 Å². The van der Waals surface area contributed by atoms with Crippen LogP contribution in [-0.4, -0.2) is 47.6 Å². The van der Waals surface area contributed by atoms with Gasteiger partial charge in [-0.1, -0.05) is 17.7 Å². The molecule has 0 amide bonds. The molecule has 1 heterocycles. The molecule has 2 fully saturated rings. The summed E-state index contributed by atoms with van der Waals surface area (Å²) in [6, 6.07) is 11.4. The molecule has 1 saturated heterocycles. The minimum Gasteiger partial charge on any atom is -0.456 e. The topological polar surface area (TPSA) is 124 Å². The van der Waals surface area contributed by atoms with Crippen molar-refractivity contribution < 1.29 is 27.7 Å². The van der Waals surface area contributed by atoms with Gasteiger partial charge in [0, 0.05) is 25.1 Å². The largest absolute Gasteiger partial charge is 0.456 e. The average molecular weight is 473 g/mol. The van der Waals surface area contributed by atoms with Crippen LogP contribution in [0.5, 0.6) is 0 Å². The van der Waals surface area contributed by atoms with Crippen molar-refractivity contribution in [2.75, 3.05) is 6.54 Å². The van der Waals surface area contributed by atoms with Gasteiger partial charge in [-0.3, -0.25) is 14.9 Å². The third-order valence-corrected chi connectivity index (χ3v) is 8.38. The van der Waals surface area contributed by atoms with Gasteiger partial charge in [-0.05, 0) is 56.9 Å². The highest BCUT2D eigenvalue weighted by Crippen LogP contribution is 2.44. The zero-order chi connectivity index (χ0) is 23.8. The number of esters is 1. The third kappa shape index (κ3) is 4.04. The van der Waals surface area contributed by atoms with E-state index in [0.29, 0.717) is 19.3 Å². The van der Waals surface area contributed by atoms with E-state index in [9.17, 15) is 28.1 Å². The number of rotatable bonds is 5. The minimum absolute atomic E-state index is 0.0921. The molecule has 0 N–H and O–H groups in total. The van der Waals surface area contributed by atoms with Gasteiger partial charge in [0.2, 0.25) is 10.0 Å². The normalized spacial score (nSPS) is 23.5. The molecule has 2 aliphatic rings. The Balaban J connectivity index is 1.67. The van der Waals surface area contributed by atoms with E-state index in [2.05, 4.69) is 0 Å². The number of carbonyl (C=O) groups excluding carboxylic acids is 2. The van der Waals surface area contributed by atoms with Crippen LogP contribution in [0.2, 0.25) is 0 Å². The highest BCUT2D eigenvalue weighted by Gasteiger charge is 2.59. The van der Waals surface area contributed by atoms with Crippen molar-refractivity contribution in [3.05, 3.63) is 69.8 Å². The zero-order valence-electron chi connectivity index (χ0n) is 18.1. The molecule has 2 aromatic rings. The number of nitrogens with zero attached hydrogens (tertiary/aromatic N) is 2. The summed E-state index contributed by atoms with van der Waals surface area (Å²) < 4.78 is 34.1. The molecular formula is C23H24N2O7S. The van der Waals surface area contributed by atoms with Crippen LogP contribution in [-0.2, 0) is 19.6 Å². The fraction of sp³-hybridized carbons (Fsp3) is 0.391. The number of carbonyl (C=O) groups is 2. The third-order valence-electron chi connectivity index (χ3n) is 6.42. The number of nitro benzene ring substituents is 1. The van der Waals surface area contributed by atoms with Crippen molar-refractivity contribution in [1.82, 2.24) is 4.31 Å². The van der Waals surface area contributed by atoms with E-state index < -0.39 is 32.6 Å². The van der Waals surface area contributed by atoms with E-state index in [0.717, 1.165) is 5.56 Å². The molecule has 1 aliphatic heterocycles. The Morgan fingerprint density at radius 2 is 1.79 bits per heavy atom. The predicted octanol–water partition coefficient (Wildman–Crippen LogP) is 3.41. The lowest BCUT2D eigenvalue weighted by atomic mass is 9.83. The van der Waals surface area contributed by atoms with Crippen LogP contribution in [0.15, 0.2) is 53.4 Å². The van der Waals surface area contributed by atoms with E-state index in [-0.39, 0.29) is 41.3 Å². The second-order valence-corrected chi connectivity index (χ2v) is 10.3. The van der Waals surface area contributed by atoms with Crippen LogP contribution in [0, 0.1) is 17.0 Å². The average Bonchev–Trinajstić information content (AvgIpc) is 3.16. The zero-order valence-corrected chi connectivity index (χ0v) is 18.9. The fourth-order valence-corrected chi connectivity index (χ4v) is 6.59. The van der Waals surface area contributed by atoms with E-state index >= 15 is 0 Å². The van der Waals surface area contributed by atoms with Gasteiger partial charge in [0.25, 0.3) is 5.69 Å². The number of benzene rings is 2. The number of piperidine rings is 1. The monoisotopic (exact) mass is 472 g/mol. The van der Waals surface area contributed by atoms with Crippen LogP contribution >= 0.6 is 0 Å². The van der Waals surface area contributed by atoms with Crippen LogP contribution in [0.25, 0.3) is 0 Å². The lowest BCUT2D eigenvalue weighted by molar-refractivity contribution is -0.384. The fourth-order valence-electron chi connectivity index (χ4n) is 4.74. The first-order valence-electron chi connectivity index (χ1n) is 10.7. The molecule has 10 heteroatoms. The van der Waals surface area contributed by atoms with E-state index in [4.69, 9.17) is 4.74 Å². The van der Waals surface area contributed by atoms with Gasteiger partial charge >= 0.3 is 5.97 Å². The van der Waals surface area contributed by atoms with Gasteiger partial charge in [-0.15, -0.1) is 0 Å². The summed E-state index contributed by atoms with van der Waals surface area (Å²) in [4.78, 5) is 36.4. The van der Waals surface area contributed by atoms with Crippen molar-refractivity contribution in [3.63, 3.8) is 0 Å². The minimum atomic E-state index is -4.01. The van der Waals surface area contributed by atoms with Crippen LogP contribution in [0.3, 0.4) is 0 Å². The van der Waals surface area contributed by atoms with E-state index in [1.807, 2.05) is 6.92 Å². The molecule has 0 unspecified atom stereocenters. The first-order chi connectivity index (χ1) is 15.7. The van der Waals surface area contributed by atoms with Gasteiger partial charge in [0.15, 0.2) is 5.78 Å². The molecule has 1 saturated carbocycles. The molecule has 1 aliphatic carbocycles. The maximum Gasteiger partial charge on any atom is 0.338 e. The summed E-state index contributed by atoms with van der Waals surface area (Å²) >= 11 is 0. The Morgan fingerprint density at radius 3 is 2.36 bits per heavy atom. The Hall–Kier alpha value is -3.11. The van der Waals surface area contributed by atoms with E-state index in [1.165, 1.54) is 40.7 Å². The van der Waals surface area contributed by atoms with Gasteiger partial charge in [0.05, 0.1) is 15.4 Å². The molecule has 0 bridgehead atoms. The molecule has 9 nitrogen and oxygen atoms in total. The quantitative estimate of drug-likeness (QED) is 0.371. The lowest BCUT2D eigenvalue weighted by Gasteiger charge is -2.46. The SMILES string of the molecule is Cc1ccc(S(=O)(=O)N2CCC[C@@H](OC(=O)c3ccc([N+](=O)[O-])cc3)[C@]23CCCC3=O)cc1. The number of aryl methyl sites for hydroxylation is 1. The maximum atomic E-state index is 13.6. The number of nitro groups is 1. The molecule has 0 radical (unpaired) electrons. The van der Waals surface area contributed by atoms with Crippen molar-refractivity contribution in [2.45, 2.75) is 55.6 Å². The molecule has 33 heavy (non-hydrogen) atoms. The standard InChI is InChI=1S/C23H24N2O7S/c1-16-6-12-19(13-7-16)33(30,31)24-15-3-5-21(23(24)14-2-4-20(23)26)32-22(27)17-8-10-18(11-9-17)25(28)29/h6-13,21H,2-5,14-15H2,1H3/t21-,23-/m1/s1. The van der Waals surface area contributed by atoms with Crippen LogP contribution in [0.1, 0.15) is 48.0 Å². The highest BCUT2D eigenvalue weighted by atomic mass is 32.2. The van der Waals surface area contributed by atoms with Gasteiger partial charge in [-0.2, -0.15) is 4.31 Å². The molecule has 1 spiro atoms.